The molecule has 3 rings (SSSR count). The highest BCUT2D eigenvalue weighted by Crippen LogP contribution is 2.33. The molecular weight excluding hydrogens is 234 g/mol. The van der Waals surface area contributed by atoms with Crippen LogP contribution in [-0.2, 0) is 4.84 Å². The van der Waals surface area contributed by atoms with E-state index in [0.29, 0.717) is 0 Å². The standard InChI is InChI=1S/C14H11ClNO/c1-10-6-7-12(8-13(10)15)16-9-11-4-2-3-5-14(11)17-16/h2-3,5-6,8-9H,4H2,1H3. The van der Waals surface area contributed by atoms with Gasteiger partial charge in [0.2, 0.25) is 0 Å². The lowest BCUT2D eigenvalue weighted by Gasteiger charge is -2.16. The van der Waals surface area contributed by atoms with Gasteiger partial charge in [-0.15, -0.1) is 0 Å². The summed E-state index contributed by atoms with van der Waals surface area (Å²) in [6, 6.07) is 6.88. The highest BCUT2D eigenvalue weighted by Gasteiger charge is 2.21. The Hall–Kier alpha value is -1.67. The van der Waals surface area contributed by atoms with E-state index in [-0.39, 0.29) is 0 Å². The predicted octanol–water partition coefficient (Wildman–Crippen LogP) is 3.93. The van der Waals surface area contributed by atoms with Crippen molar-refractivity contribution in [3.63, 3.8) is 0 Å². The van der Waals surface area contributed by atoms with Crippen molar-refractivity contribution < 1.29 is 4.84 Å². The van der Waals surface area contributed by atoms with Crippen molar-refractivity contribution in [2.75, 3.05) is 5.06 Å². The van der Waals surface area contributed by atoms with E-state index < -0.39 is 0 Å². The fraction of sp³-hybridized carbons (Fsp3) is 0.143. The first-order chi connectivity index (χ1) is 8.24. The first kappa shape index (κ1) is 10.5. The topological polar surface area (TPSA) is 12.5 Å². The van der Waals surface area contributed by atoms with Crippen molar-refractivity contribution in [1.82, 2.24) is 0 Å². The lowest BCUT2D eigenvalue weighted by Crippen LogP contribution is -2.10. The zero-order chi connectivity index (χ0) is 11.8. The van der Waals surface area contributed by atoms with Crippen LogP contribution in [0.5, 0.6) is 0 Å². The number of fused-ring (bicyclic) bond motifs is 1. The van der Waals surface area contributed by atoms with Gasteiger partial charge >= 0.3 is 0 Å². The largest absolute Gasteiger partial charge is 0.375 e. The number of hydrogen-bond acceptors (Lipinski definition) is 2. The molecule has 1 aliphatic carbocycles. The second kappa shape index (κ2) is 3.97. The predicted molar refractivity (Wildman–Crippen MR) is 68.5 cm³/mol. The average Bonchev–Trinajstić information content (AvgIpc) is 2.76. The van der Waals surface area contributed by atoms with Gasteiger partial charge in [-0.3, -0.25) is 0 Å². The molecule has 0 aromatic heterocycles. The van der Waals surface area contributed by atoms with Crippen molar-refractivity contribution in [3.8, 4) is 0 Å². The van der Waals surface area contributed by atoms with Gasteiger partial charge < -0.3 is 4.84 Å². The molecule has 2 nitrogen and oxygen atoms in total. The molecule has 3 heteroatoms. The van der Waals surface area contributed by atoms with Crippen molar-refractivity contribution in [1.29, 1.82) is 0 Å². The van der Waals surface area contributed by atoms with Gasteiger partial charge in [0.15, 0.2) is 5.76 Å². The van der Waals surface area contributed by atoms with Gasteiger partial charge in [0.1, 0.15) is 0 Å². The van der Waals surface area contributed by atoms with Gasteiger partial charge in [-0.25, -0.2) is 0 Å². The highest BCUT2D eigenvalue weighted by atomic mass is 35.5. The number of anilines is 1. The summed E-state index contributed by atoms with van der Waals surface area (Å²) >= 11 is 6.10. The summed E-state index contributed by atoms with van der Waals surface area (Å²) in [4.78, 5) is 5.71. The summed E-state index contributed by atoms with van der Waals surface area (Å²) < 4.78 is 0. The number of allylic oxidation sites excluding steroid dienone is 4. The first-order valence-corrected chi connectivity index (χ1v) is 5.85. The Kier molecular flexibility index (Phi) is 2.45. The molecule has 0 spiro atoms. The fourth-order valence-corrected chi connectivity index (χ4v) is 1.97. The molecule has 0 N–H and O–H groups in total. The van der Waals surface area contributed by atoms with Crippen LogP contribution in [-0.4, -0.2) is 0 Å². The van der Waals surface area contributed by atoms with Crippen molar-refractivity contribution in [2.45, 2.75) is 13.3 Å². The van der Waals surface area contributed by atoms with Crippen LogP contribution in [0.2, 0.25) is 5.02 Å². The van der Waals surface area contributed by atoms with Gasteiger partial charge in [0.25, 0.3) is 0 Å². The third kappa shape index (κ3) is 1.85. The summed E-state index contributed by atoms with van der Waals surface area (Å²) in [6.45, 7) is 1.96. The quantitative estimate of drug-likeness (QED) is 0.742. The first-order valence-electron chi connectivity index (χ1n) is 5.47. The van der Waals surface area contributed by atoms with Crippen LogP contribution in [0, 0.1) is 13.0 Å². The van der Waals surface area contributed by atoms with Crippen LogP contribution in [0.3, 0.4) is 0 Å². The fourth-order valence-electron chi connectivity index (χ4n) is 1.81. The van der Waals surface area contributed by atoms with Gasteiger partial charge in [-0.1, -0.05) is 23.8 Å². The van der Waals surface area contributed by atoms with E-state index in [1.165, 1.54) is 5.57 Å². The zero-order valence-corrected chi connectivity index (χ0v) is 10.2. The van der Waals surface area contributed by atoms with Gasteiger partial charge in [-0.05, 0) is 37.1 Å². The van der Waals surface area contributed by atoms with E-state index in [9.17, 15) is 0 Å². The number of hydrogen-bond donors (Lipinski definition) is 0. The molecule has 2 aliphatic rings. The molecule has 0 saturated heterocycles. The molecule has 0 amide bonds. The Labute approximate surface area is 105 Å². The van der Waals surface area contributed by atoms with E-state index in [1.54, 1.807) is 5.06 Å². The molecule has 0 atom stereocenters. The molecule has 1 heterocycles. The van der Waals surface area contributed by atoms with Gasteiger partial charge in [-0.2, -0.15) is 5.06 Å². The lowest BCUT2D eigenvalue weighted by molar-refractivity contribution is 0.238. The van der Waals surface area contributed by atoms with Crippen LogP contribution in [0.25, 0.3) is 0 Å². The Balaban J connectivity index is 1.92. The molecule has 1 aromatic rings. The summed E-state index contributed by atoms with van der Waals surface area (Å²) in [7, 11) is 0. The number of aryl methyl sites for hydroxylation is 1. The Morgan fingerprint density at radius 3 is 3.12 bits per heavy atom. The van der Waals surface area contributed by atoms with E-state index in [2.05, 4.69) is 12.1 Å². The minimum atomic E-state index is 0.725. The normalized spacial score (nSPS) is 17.4. The Bertz CT molecular complexity index is 557. The molecule has 1 radical (unpaired) electrons. The van der Waals surface area contributed by atoms with E-state index in [1.807, 2.05) is 37.4 Å². The average molecular weight is 245 g/mol. The molecule has 0 bridgehead atoms. The lowest BCUT2D eigenvalue weighted by atomic mass is 10.1. The molecule has 0 saturated carbocycles. The number of nitrogens with zero attached hydrogens (tertiary/aromatic N) is 1. The Morgan fingerprint density at radius 2 is 2.35 bits per heavy atom. The number of hydroxylamine groups is 1. The highest BCUT2D eigenvalue weighted by molar-refractivity contribution is 6.31. The van der Waals surface area contributed by atoms with Crippen LogP contribution in [0.15, 0.2) is 47.9 Å². The van der Waals surface area contributed by atoms with Crippen molar-refractivity contribution >= 4 is 17.3 Å². The second-order valence-corrected chi connectivity index (χ2v) is 4.49. The maximum atomic E-state index is 6.10. The second-order valence-electron chi connectivity index (χ2n) is 4.08. The molecule has 17 heavy (non-hydrogen) atoms. The summed E-state index contributed by atoms with van der Waals surface area (Å²) in [6.07, 6.45) is 8.95. The molecule has 0 unspecified atom stereocenters. The van der Waals surface area contributed by atoms with Crippen molar-refractivity contribution in [3.05, 3.63) is 64.5 Å². The van der Waals surface area contributed by atoms with Gasteiger partial charge in [0.05, 0.1) is 11.9 Å². The summed E-state index contributed by atoms with van der Waals surface area (Å²) in [5, 5.41) is 2.43. The molecule has 0 fully saturated rings. The van der Waals surface area contributed by atoms with E-state index >= 15 is 0 Å². The van der Waals surface area contributed by atoms with Crippen LogP contribution < -0.4 is 5.06 Å². The number of rotatable bonds is 1. The number of halogens is 1. The summed E-state index contributed by atoms with van der Waals surface area (Å²) in [5.74, 6) is 0.901. The third-order valence-electron chi connectivity index (χ3n) is 2.82. The van der Waals surface area contributed by atoms with E-state index in [4.69, 9.17) is 16.4 Å². The Morgan fingerprint density at radius 1 is 1.47 bits per heavy atom. The molecular formula is C14H11ClNO. The van der Waals surface area contributed by atoms with Crippen LogP contribution in [0.1, 0.15) is 12.0 Å². The monoisotopic (exact) mass is 244 g/mol. The molecule has 1 aromatic carbocycles. The van der Waals surface area contributed by atoms with E-state index in [0.717, 1.165) is 28.5 Å². The zero-order valence-electron chi connectivity index (χ0n) is 9.40. The maximum absolute atomic E-state index is 6.10. The molecule has 1 aliphatic heterocycles. The number of benzene rings is 1. The SMILES string of the molecule is Cc1c[c]c(N2C=C3CC=CC=C3O2)cc1Cl. The van der Waals surface area contributed by atoms with Crippen LogP contribution >= 0.6 is 11.6 Å². The minimum Gasteiger partial charge on any atom is -0.375 e. The van der Waals surface area contributed by atoms with Crippen LogP contribution in [0.4, 0.5) is 5.69 Å². The third-order valence-corrected chi connectivity index (χ3v) is 3.23. The van der Waals surface area contributed by atoms with Gasteiger partial charge in [0, 0.05) is 16.7 Å². The van der Waals surface area contributed by atoms with Crippen molar-refractivity contribution in [2.24, 2.45) is 0 Å². The smallest absolute Gasteiger partial charge is 0.160 e. The summed E-state index contributed by atoms with van der Waals surface area (Å²) in [5.41, 5.74) is 3.02. The maximum Gasteiger partial charge on any atom is 0.160 e. The molecule has 85 valence electrons. The minimum absolute atomic E-state index is 0.725.